The first kappa shape index (κ1) is 21.5. The van der Waals surface area contributed by atoms with Gasteiger partial charge in [0.05, 0.1) is 36.2 Å². The van der Waals surface area contributed by atoms with Gasteiger partial charge in [0.2, 0.25) is 0 Å². The molecule has 0 N–H and O–H groups in total. The first-order valence-electron chi connectivity index (χ1n) is 9.41. The maximum Gasteiger partial charge on any atom is 0.307 e. The van der Waals surface area contributed by atoms with Crippen LogP contribution in [0.1, 0.15) is 17.5 Å². The number of carbonyl (C=O) groups excluding carboxylic acids is 3. The van der Waals surface area contributed by atoms with Crippen molar-refractivity contribution < 1.29 is 19.1 Å². The summed E-state index contributed by atoms with van der Waals surface area (Å²) in [6, 6.07) is 14.6. The number of benzene rings is 2. The molecule has 1 fully saturated rings. The van der Waals surface area contributed by atoms with Crippen LogP contribution in [0, 0.1) is 0 Å². The quantitative estimate of drug-likeness (QED) is 0.372. The maximum atomic E-state index is 13.4. The summed E-state index contributed by atoms with van der Waals surface area (Å²) >= 11 is 12.4. The van der Waals surface area contributed by atoms with Gasteiger partial charge in [0.25, 0.3) is 11.8 Å². The second-order valence-electron chi connectivity index (χ2n) is 6.89. The van der Waals surface area contributed by atoms with E-state index in [2.05, 4.69) is 4.74 Å². The van der Waals surface area contributed by atoms with Crippen LogP contribution in [-0.2, 0) is 25.7 Å². The van der Waals surface area contributed by atoms with Crippen LogP contribution in [0.5, 0.6) is 0 Å². The highest BCUT2D eigenvalue weighted by atomic mass is 35.5. The number of hydrogen-bond donors (Lipinski definition) is 0. The van der Waals surface area contributed by atoms with E-state index in [0.29, 0.717) is 27.0 Å². The van der Waals surface area contributed by atoms with E-state index in [-0.39, 0.29) is 29.7 Å². The van der Waals surface area contributed by atoms with Crippen molar-refractivity contribution in [2.24, 2.45) is 0 Å². The lowest BCUT2D eigenvalue weighted by Gasteiger charge is -2.17. The third-order valence-corrected chi connectivity index (χ3v) is 6.72. The number of amides is 2. The van der Waals surface area contributed by atoms with Gasteiger partial charge < -0.3 is 9.64 Å². The van der Waals surface area contributed by atoms with Gasteiger partial charge in [-0.25, -0.2) is 0 Å². The number of anilines is 1. The highest BCUT2D eigenvalue weighted by Crippen LogP contribution is 2.45. The minimum atomic E-state index is -0.432. The molecule has 2 heterocycles. The van der Waals surface area contributed by atoms with Crippen molar-refractivity contribution in [2.45, 2.75) is 13.0 Å². The van der Waals surface area contributed by atoms with Gasteiger partial charge in [0.15, 0.2) is 0 Å². The molecule has 9 heteroatoms. The van der Waals surface area contributed by atoms with Gasteiger partial charge in [0, 0.05) is 17.1 Å². The molecule has 0 aromatic heterocycles. The summed E-state index contributed by atoms with van der Waals surface area (Å²) in [4.78, 5) is 41.3. The average Bonchev–Trinajstić information content (AvgIpc) is 3.20. The SMILES string of the molecule is COC(=O)CCN1C(=O)/C(=C2/C(=O)N(Cc3ccc(Cl)cc3)c3ccccc32)SC1=S. The van der Waals surface area contributed by atoms with E-state index in [9.17, 15) is 14.4 Å². The minimum absolute atomic E-state index is 0.0266. The van der Waals surface area contributed by atoms with E-state index >= 15 is 0 Å². The summed E-state index contributed by atoms with van der Waals surface area (Å²) in [6.45, 7) is 0.456. The van der Waals surface area contributed by atoms with Crippen molar-refractivity contribution in [2.75, 3.05) is 18.6 Å². The number of thiocarbonyl (C=S) groups is 1. The Bertz CT molecular complexity index is 1130. The Labute approximate surface area is 193 Å². The Morgan fingerprint density at radius 3 is 2.48 bits per heavy atom. The van der Waals surface area contributed by atoms with Crippen LogP contribution in [0.4, 0.5) is 5.69 Å². The van der Waals surface area contributed by atoms with Crippen molar-refractivity contribution >= 4 is 68.9 Å². The number of halogens is 1. The van der Waals surface area contributed by atoms with Crippen molar-refractivity contribution in [3.8, 4) is 0 Å². The van der Waals surface area contributed by atoms with Crippen LogP contribution >= 0.6 is 35.6 Å². The summed E-state index contributed by atoms with van der Waals surface area (Å²) in [5, 5.41) is 0.619. The number of hydrogen-bond acceptors (Lipinski definition) is 6. The fourth-order valence-electron chi connectivity index (χ4n) is 3.48. The highest BCUT2D eigenvalue weighted by molar-refractivity contribution is 8.26. The first-order valence-corrected chi connectivity index (χ1v) is 11.0. The molecular weight excluding hydrogens is 456 g/mol. The second kappa shape index (κ2) is 8.82. The molecule has 0 atom stereocenters. The number of rotatable bonds is 5. The molecule has 0 radical (unpaired) electrons. The zero-order valence-corrected chi connectivity index (χ0v) is 18.9. The molecule has 2 aliphatic heterocycles. The number of thioether (sulfide) groups is 1. The van der Waals surface area contributed by atoms with Gasteiger partial charge >= 0.3 is 5.97 Å². The Morgan fingerprint density at radius 2 is 1.77 bits per heavy atom. The van der Waals surface area contributed by atoms with Gasteiger partial charge in [-0.3, -0.25) is 19.3 Å². The van der Waals surface area contributed by atoms with Crippen LogP contribution in [-0.4, -0.2) is 40.7 Å². The summed E-state index contributed by atoms with van der Waals surface area (Å²) in [7, 11) is 1.29. The second-order valence-corrected chi connectivity index (χ2v) is 8.97. The monoisotopic (exact) mass is 472 g/mol. The number of fused-ring (bicyclic) bond motifs is 1. The summed E-state index contributed by atoms with van der Waals surface area (Å²) in [5.74, 6) is -1.06. The van der Waals surface area contributed by atoms with E-state index in [1.54, 1.807) is 17.0 Å². The number of nitrogens with zero attached hydrogens (tertiary/aromatic N) is 2. The van der Waals surface area contributed by atoms with Gasteiger partial charge in [-0.1, -0.05) is 65.9 Å². The molecule has 2 amide bonds. The fraction of sp³-hybridized carbons (Fsp3) is 0.182. The van der Waals surface area contributed by atoms with E-state index in [1.807, 2.05) is 36.4 Å². The van der Waals surface area contributed by atoms with Crippen LogP contribution in [0.15, 0.2) is 53.4 Å². The molecule has 0 unspecified atom stereocenters. The molecule has 1 saturated heterocycles. The number of methoxy groups -OCH3 is 1. The zero-order valence-electron chi connectivity index (χ0n) is 16.5. The van der Waals surface area contributed by atoms with Gasteiger partial charge in [-0.2, -0.15) is 0 Å². The highest BCUT2D eigenvalue weighted by Gasteiger charge is 2.41. The van der Waals surface area contributed by atoms with Crippen LogP contribution in [0.2, 0.25) is 5.02 Å². The van der Waals surface area contributed by atoms with Gasteiger partial charge in [0.1, 0.15) is 4.32 Å². The third kappa shape index (κ3) is 4.11. The first-order chi connectivity index (χ1) is 14.9. The Balaban J connectivity index is 1.68. The molecule has 0 spiro atoms. The maximum absolute atomic E-state index is 13.4. The Kier molecular flexibility index (Phi) is 6.13. The molecule has 31 heavy (non-hydrogen) atoms. The molecule has 0 saturated carbocycles. The summed E-state index contributed by atoms with van der Waals surface area (Å²) in [5.41, 5.74) is 2.68. The molecular formula is C22H17ClN2O4S2. The number of para-hydroxylation sites is 1. The van der Waals surface area contributed by atoms with Gasteiger partial charge in [-0.05, 0) is 23.8 Å². The van der Waals surface area contributed by atoms with Crippen molar-refractivity contribution in [3.63, 3.8) is 0 Å². The topological polar surface area (TPSA) is 66.9 Å². The smallest absolute Gasteiger partial charge is 0.307 e. The van der Waals surface area contributed by atoms with E-state index in [0.717, 1.165) is 23.0 Å². The third-order valence-electron chi connectivity index (χ3n) is 5.02. The molecule has 6 nitrogen and oxygen atoms in total. The average molecular weight is 473 g/mol. The van der Waals surface area contributed by atoms with E-state index < -0.39 is 5.97 Å². The number of esters is 1. The predicted octanol–water partition coefficient (Wildman–Crippen LogP) is 4.02. The molecule has 0 aliphatic carbocycles. The molecule has 2 aromatic rings. The molecule has 2 aromatic carbocycles. The van der Waals surface area contributed by atoms with Crippen molar-refractivity contribution in [3.05, 3.63) is 69.6 Å². The lowest BCUT2D eigenvalue weighted by atomic mass is 10.1. The number of carbonyl (C=O) groups is 3. The Morgan fingerprint density at radius 1 is 1.06 bits per heavy atom. The predicted molar refractivity (Wildman–Crippen MR) is 125 cm³/mol. The molecule has 4 rings (SSSR count). The summed E-state index contributed by atoms with van der Waals surface area (Å²) < 4.78 is 4.96. The van der Waals surface area contributed by atoms with E-state index in [4.69, 9.17) is 23.8 Å². The van der Waals surface area contributed by atoms with Crippen LogP contribution < -0.4 is 4.90 Å². The van der Waals surface area contributed by atoms with Crippen LogP contribution in [0.25, 0.3) is 5.57 Å². The minimum Gasteiger partial charge on any atom is -0.469 e. The molecule has 0 bridgehead atoms. The lowest BCUT2D eigenvalue weighted by Crippen LogP contribution is -2.31. The van der Waals surface area contributed by atoms with Crippen LogP contribution in [0.3, 0.4) is 0 Å². The van der Waals surface area contributed by atoms with E-state index in [1.165, 1.54) is 12.0 Å². The number of ether oxygens (including phenoxy) is 1. The lowest BCUT2D eigenvalue weighted by molar-refractivity contribution is -0.141. The molecule has 158 valence electrons. The van der Waals surface area contributed by atoms with Crippen molar-refractivity contribution in [1.29, 1.82) is 0 Å². The van der Waals surface area contributed by atoms with Gasteiger partial charge in [-0.15, -0.1) is 0 Å². The standard InChI is InChI=1S/C22H17ClN2O4S2/c1-29-17(26)10-11-24-21(28)19(31-22(24)30)18-15-4-2-3-5-16(15)25(20(18)27)12-13-6-8-14(23)9-7-13/h2-9H,10-12H2,1H3/b19-18-. The fourth-order valence-corrected chi connectivity index (χ4v) is 4.98. The molecule has 2 aliphatic rings. The normalized spacial score (nSPS) is 18.1. The largest absolute Gasteiger partial charge is 0.469 e. The zero-order chi connectivity index (χ0) is 22.1. The summed E-state index contributed by atoms with van der Waals surface area (Å²) in [6.07, 6.45) is 0.0266. The Hall–Kier alpha value is -2.68. The van der Waals surface area contributed by atoms with Crippen molar-refractivity contribution in [1.82, 2.24) is 4.90 Å².